The van der Waals surface area contributed by atoms with E-state index in [2.05, 4.69) is 36.5 Å². The van der Waals surface area contributed by atoms with Gasteiger partial charge in [-0.15, -0.1) is 12.4 Å². The van der Waals surface area contributed by atoms with Gasteiger partial charge in [0.15, 0.2) is 0 Å². The van der Waals surface area contributed by atoms with Crippen molar-refractivity contribution in [1.29, 1.82) is 0 Å². The molecule has 0 fully saturated rings. The summed E-state index contributed by atoms with van der Waals surface area (Å²) >= 11 is 0. The first kappa shape index (κ1) is 13.8. The van der Waals surface area contributed by atoms with Crippen LogP contribution in [0.3, 0.4) is 0 Å². The minimum Gasteiger partial charge on any atom is -0.468 e. The molecule has 0 saturated heterocycles. The lowest BCUT2D eigenvalue weighted by atomic mass is 10.0. The molecule has 1 unspecified atom stereocenters. The Morgan fingerprint density at radius 2 is 1.88 bits per heavy atom. The lowest BCUT2D eigenvalue weighted by molar-refractivity contribution is 0.476. The van der Waals surface area contributed by atoms with E-state index < -0.39 is 0 Å². The second-order valence-electron chi connectivity index (χ2n) is 4.02. The predicted molar refractivity (Wildman–Crippen MR) is 72.5 cm³/mol. The predicted octanol–water partition coefficient (Wildman–Crippen LogP) is 3.59. The molecule has 1 heterocycles. The largest absolute Gasteiger partial charge is 0.468 e. The lowest BCUT2D eigenvalue weighted by Gasteiger charge is -2.12. The first-order valence-corrected chi connectivity index (χ1v) is 5.64. The van der Waals surface area contributed by atoms with Gasteiger partial charge in [-0.2, -0.15) is 0 Å². The Morgan fingerprint density at radius 1 is 1.12 bits per heavy atom. The number of hydrogen-bond acceptors (Lipinski definition) is 2. The summed E-state index contributed by atoms with van der Waals surface area (Å²) in [6.45, 7) is 3.99. The Hall–Kier alpha value is -1.25. The Bertz CT molecular complexity index is 399. The molecule has 1 N–H and O–H groups in total. The van der Waals surface area contributed by atoms with Gasteiger partial charge >= 0.3 is 0 Å². The number of furan rings is 1. The van der Waals surface area contributed by atoms with Gasteiger partial charge in [0.1, 0.15) is 5.76 Å². The van der Waals surface area contributed by atoms with Crippen LogP contribution in [0.5, 0.6) is 0 Å². The number of benzene rings is 1. The van der Waals surface area contributed by atoms with E-state index in [-0.39, 0.29) is 12.4 Å². The zero-order valence-corrected chi connectivity index (χ0v) is 10.7. The minimum absolute atomic E-state index is 0. The second-order valence-corrected chi connectivity index (χ2v) is 4.02. The fraction of sp³-hybridized carbons (Fsp3) is 0.286. The summed E-state index contributed by atoms with van der Waals surface area (Å²) in [5, 5.41) is 3.39. The molecule has 0 aliphatic rings. The molecule has 2 rings (SSSR count). The van der Waals surface area contributed by atoms with Crippen LogP contribution in [-0.2, 0) is 6.54 Å². The topological polar surface area (TPSA) is 25.2 Å². The van der Waals surface area contributed by atoms with E-state index in [0.717, 1.165) is 18.8 Å². The maximum atomic E-state index is 5.26. The SMILES string of the molecule is CC(CNCc1ccco1)c1ccccc1.Cl. The Balaban J connectivity index is 0.00000144. The van der Waals surface area contributed by atoms with Gasteiger partial charge in [0.25, 0.3) is 0 Å². The van der Waals surface area contributed by atoms with Crippen LogP contribution in [0.4, 0.5) is 0 Å². The number of nitrogens with one attached hydrogen (secondary N) is 1. The molecule has 92 valence electrons. The standard InChI is InChI=1S/C14H17NO.ClH/c1-12(13-6-3-2-4-7-13)10-15-11-14-8-5-9-16-14;/h2-9,12,15H,10-11H2,1H3;1H. The summed E-state index contributed by atoms with van der Waals surface area (Å²) in [7, 11) is 0. The molecule has 0 saturated carbocycles. The van der Waals surface area contributed by atoms with E-state index >= 15 is 0 Å². The highest BCUT2D eigenvalue weighted by molar-refractivity contribution is 5.85. The third kappa shape index (κ3) is 4.25. The van der Waals surface area contributed by atoms with Gasteiger partial charge in [0.05, 0.1) is 12.8 Å². The zero-order chi connectivity index (χ0) is 11.2. The molecule has 0 aliphatic carbocycles. The maximum absolute atomic E-state index is 5.26. The van der Waals surface area contributed by atoms with Crippen molar-refractivity contribution in [3.05, 3.63) is 60.1 Å². The summed E-state index contributed by atoms with van der Waals surface area (Å²) in [6, 6.07) is 14.4. The van der Waals surface area contributed by atoms with Crippen molar-refractivity contribution in [3.8, 4) is 0 Å². The van der Waals surface area contributed by atoms with E-state index in [1.165, 1.54) is 5.56 Å². The second kappa shape index (κ2) is 7.15. The van der Waals surface area contributed by atoms with Crippen molar-refractivity contribution < 1.29 is 4.42 Å². The highest BCUT2D eigenvalue weighted by Crippen LogP contribution is 2.13. The third-order valence-corrected chi connectivity index (χ3v) is 2.70. The smallest absolute Gasteiger partial charge is 0.117 e. The molecule has 17 heavy (non-hydrogen) atoms. The summed E-state index contributed by atoms with van der Waals surface area (Å²) < 4.78 is 5.26. The Kier molecular flexibility index (Phi) is 5.81. The van der Waals surface area contributed by atoms with E-state index in [1.54, 1.807) is 6.26 Å². The first-order chi connectivity index (χ1) is 7.86. The summed E-state index contributed by atoms with van der Waals surface area (Å²) in [5.74, 6) is 1.51. The molecule has 0 spiro atoms. The van der Waals surface area contributed by atoms with Crippen molar-refractivity contribution >= 4 is 12.4 Å². The van der Waals surface area contributed by atoms with Crippen LogP contribution < -0.4 is 5.32 Å². The first-order valence-electron chi connectivity index (χ1n) is 5.64. The molecule has 0 radical (unpaired) electrons. The molecule has 2 aromatic rings. The molecule has 1 aromatic carbocycles. The van der Waals surface area contributed by atoms with Crippen LogP contribution in [0.25, 0.3) is 0 Å². The fourth-order valence-electron chi connectivity index (χ4n) is 1.72. The Labute approximate surface area is 108 Å². The molecule has 2 nitrogen and oxygen atoms in total. The zero-order valence-electron chi connectivity index (χ0n) is 9.93. The van der Waals surface area contributed by atoms with Crippen LogP contribution in [0.15, 0.2) is 53.1 Å². The van der Waals surface area contributed by atoms with Gasteiger partial charge < -0.3 is 9.73 Å². The fourth-order valence-corrected chi connectivity index (χ4v) is 1.72. The van der Waals surface area contributed by atoms with E-state index in [4.69, 9.17) is 4.42 Å². The molecule has 0 bridgehead atoms. The maximum Gasteiger partial charge on any atom is 0.117 e. The summed E-state index contributed by atoms with van der Waals surface area (Å²) in [6.07, 6.45) is 1.71. The monoisotopic (exact) mass is 251 g/mol. The van der Waals surface area contributed by atoms with Crippen LogP contribution in [0.2, 0.25) is 0 Å². The van der Waals surface area contributed by atoms with Gasteiger partial charge in [0, 0.05) is 6.54 Å². The quantitative estimate of drug-likeness (QED) is 0.879. The number of hydrogen-bond donors (Lipinski definition) is 1. The van der Waals surface area contributed by atoms with Gasteiger partial charge in [-0.05, 0) is 23.6 Å². The molecule has 0 aliphatic heterocycles. The van der Waals surface area contributed by atoms with E-state index in [1.807, 2.05) is 18.2 Å². The molecular formula is C14H18ClNO. The van der Waals surface area contributed by atoms with E-state index in [9.17, 15) is 0 Å². The third-order valence-electron chi connectivity index (χ3n) is 2.70. The highest BCUT2D eigenvalue weighted by Gasteiger charge is 2.04. The number of halogens is 1. The van der Waals surface area contributed by atoms with Crippen LogP contribution >= 0.6 is 12.4 Å². The lowest BCUT2D eigenvalue weighted by Crippen LogP contribution is -2.19. The van der Waals surface area contributed by atoms with Crippen molar-refractivity contribution in [2.24, 2.45) is 0 Å². The van der Waals surface area contributed by atoms with Crippen LogP contribution in [0, 0.1) is 0 Å². The van der Waals surface area contributed by atoms with Crippen LogP contribution in [-0.4, -0.2) is 6.54 Å². The molecule has 0 amide bonds. The van der Waals surface area contributed by atoms with Crippen molar-refractivity contribution in [2.45, 2.75) is 19.4 Å². The van der Waals surface area contributed by atoms with Gasteiger partial charge in [-0.25, -0.2) is 0 Å². The minimum atomic E-state index is 0. The summed E-state index contributed by atoms with van der Waals surface area (Å²) in [5.41, 5.74) is 1.37. The normalized spacial score (nSPS) is 11.8. The van der Waals surface area contributed by atoms with Gasteiger partial charge in [-0.3, -0.25) is 0 Å². The summed E-state index contributed by atoms with van der Waals surface area (Å²) in [4.78, 5) is 0. The highest BCUT2D eigenvalue weighted by atomic mass is 35.5. The van der Waals surface area contributed by atoms with Crippen molar-refractivity contribution in [2.75, 3.05) is 6.54 Å². The number of rotatable bonds is 5. The van der Waals surface area contributed by atoms with Gasteiger partial charge in [0.2, 0.25) is 0 Å². The average molecular weight is 252 g/mol. The van der Waals surface area contributed by atoms with Crippen molar-refractivity contribution in [3.63, 3.8) is 0 Å². The molecular weight excluding hydrogens is 234 g/mol. The van der Waals surface area contributed by atoms with Gasteiger partial charge in [-0.1, -0.05) is 37.3 Å². The van der Waals surface area contributed by atoms with Crippen molar-refractivity contribution in [1.82, 2.24) is 5.32 Å². The van der Waals surface area contributed by atoms with E-state index in [0.29, 0.717) is 5.92 Å². The molecule has 1 aromatic heterocycles. The molecule has 1 atom stereocenters. The molecule has 3 heteroatoms. The average Bonchev–Trinajstić information content (AvgIpc) is 2.83. The Morgan fingerprint density at radius 3 is 2.53 bits per heavy atom. The van der Waals surface area contributed by atoms with Crippen LogP contribution in [0.1, 0.15) is 24.2 Å².